The Morgan fingerprint density at radius 3 is 1.89 bits per heavy atom. The fourth-order valence-electron chi connectivity index (χ4n) is 2.49. The largest absolute Gasteiger partial charge is 0.361 e. The van der Waals surface area contributed by atoms with Crippen LogP contribution in [0.3, 0.4) is 0 Å². The average molecular weight is 272 g/mol. The summed E-state index contributed by atoms with van der Waals surface area (Å²) in [6, 6.07) is -0.350. The van der Waals surface area contributed by atoms with Crippen LogP contribution in [0.4, 0.5) is 4.79 Å². The molecule has 1 saturated heterocycles. The fraction of sp³-hybridized carbons (Fsp3) is 0.846. The van der Waals surface area contributed by atoms with Crippen molar-refractivity contribution in [2.45, 2.75) is 58.5 Å². The van der Waals surface area contributed by atoms with Gasteiger partial charge in [0, 0.05) is 14.2 Å². The number of hydrogen-bond donors (Lipinski definition) is 0. The summed E-state index contributed by atoms with van der Waals surface area (Å²) in [6.07, 6.45) is 0.238. The van der Waals surface area contributed by atoms with Gasteiger partial charge in [0.2, 0.25) is 0 Å². The monoisotopic (exact) mass is 272 g/mol. The molecule has 0 bridgehead atoms. The molecule has 3 amide bonds. The highest BCUT2D eigenvalue weighted by Crippen LogP contribution is 2.33. The van der Waals surface area contributed by atoms with E-state index in [0.717, 1.165) is 0 Å². The molecule has 1 aliphatic rings. The van der Waals surface area contributed by atoms with Crippen molar-refractivity contribution in [1.29, 1.82) is 0 Å². The van der Waals surface area contributed by atoms with Gasteiger partial charge in [0.25, 0.3) is 5.91 Å². The quantitative estimate of drug-likeness (QED) is 0.692. The second kappa shape index (κ2) is 5.88. The minimum Gasteiger partial charge on any atom is -0.361 e. The summed E-state index contributed by atoms with van der Waals surface area (Å²) >= 11 is 0. The van der Waals surface area contributed by atoms with Crippen LogP contribution in [0.15, 0.2) is 0 Å². The number of urea groups is 1. The maximum atomic E-state index is 12.5. The third-order valence-corrected chi connectivity index (χ3v) is 3.58. The van der Waals surface area contributed by atoms with Crippen molar-refractivity contribution in [2.75, 3.05) is 14.2 Å². The van der Waals surface area contributed by atoms with E-state index < -0.39 is 18.0 Å². The standard InChI is InChI=1S/C13H24N2O4/c1-7-9(18-5)14-11(16)13(3,4)15(12(14)17)10(8-2)19-6/h9-10H,7-8H2,1-6H3. The third kappa shape index (κ3) is 2.47. The van der Waals surface area contributed by atoms with Crippen LogP contribution < -0.4 is 0 Å². The summed E-state index contributed by atoms with van der Waals surface area (Å²) in [4.78, 5) is 27.7. The van der Waals surface area contributed by atoms with Gasteiger partial charge in [0.15, 0.2) is 0 Å². The Morgan fingerprint density at radius 2 is 1.53 bits per heavy atom. The van der Waals surface area contributed by atoms with E-state index >= 15 is 0 Å². The summed E-state index contributed by atoms with van der Waals surface area (Å²) < 4.78 is 10.5. The van der Waals surface area contributed by atoms with E-state index in [1.54, 1.807) is 13.8 Å². The molecule has 0 aromatic rings. The predicted octanol–water partition coefficient (Wildman–Crippen LogP) is 1.79. The van der Waals surface area contributed by atoms with E-state index in [4.69, 9.17) is 9.47 Å². The van der Waals surface area contributed by atoms with Crippen LogP contribution in [0.1, 0.15) is 40.5 Å². The molecule has 2 unspecified atom stereocenters. The molecular weight excluding hydrogens is 248 g/mol. The van der Waals surface area contributed by atoms with Gasteiger partial charge in [-0.1, -0.05) is 13.8 Å². The Hall–Kier alpha value is -1.14. The molecule has 0 radical (unpaired) electrons. The van der Waals surface area contributed by atoms with Crippen LogP contribution in [0, 0.1) is 0 Å². The molecule has 0 saturated carbocycles. The van der Waals surface area contributed by atoms with Gasteiger partial charge in [0.1, 0.15) is 18.0 Å². The molecular formula is C13H24N2O4. The average Bonchev–Trinajstić information content (AvgIpc) is 2.55. The highest BCUT2D eigenvalue weighted by molar-refractivity contribution is 6.06. The maximum absolute atomic E-state index is 12.5. The zero-order valence-corrected chi connectivity index (χ0v) is 12.6. The Bertz CT molecular complexity index is 349. The number of amides is 3. The van der Waals surface area contributed by atoms with Crippen LogP contribution in [0.25, 0.3) is 0 Å². The number of hydrogen-bond acceptors (Lipinski definition) is 4. The zero-order valence-electron chi connectivity index (χ0n) is 12.6. The first-order valence-corrected chi connectivity index (χ1v) is 6.59. The highest BCUT2D eigenvalue weighted by Gasteiger charge is 2.55. The molecule has 1 aliphatic heterocycles. The van der Waals surface area contributed by atoms with Crippen LogP contribution in [-0.2, 0) is 14.3 Å². The molecule has 0 N–H and O–H groups in total. The number of nitrogens with zero attached hydrogens (tertiary/aromatic N) is 2. The molecule has 0 spiro atoms. The molecule has 110 valence electrons. The Labute approximate surface area is 114 Å². The van der Waals surface area contributed by atoms with Crippen LogP contribution in [0.2, 0.25) is 0 Å². The van der Waals surface area contributed by atoms with Crippen molar-refractivity contribution in [3.8, 4) is 0 Å². The van der Waals surface area contributed by atoms with Gasteiger partial charge in [-0.05, 0) is 26.7 Å². The van der Waals surface area contributed by atoms with Crippen molar-refractivity contribution in [3.05, 3.63) is 0 Å². The Balaban J connectivity index is 3.16. The van der Waals surface area contributed by atoms with Crippen molar-refractivity contribution < 1.29 is 19.1 Å². The lowest BCUT2D eigenvalue weighted by molar-refractivity contribution is -0.141. The van der Waals surface area contributed by atoms with E-state index in [1.165, 1.54) is 24.0 Å². The molecule has 1 heterocycles. The normalized spacial score (nSPS) is 22.0. The number of carbonyl (C=O) groups is 2. The molecule has 19 heavy (non-hydrogen) atoms. The molecule has 1 fully saturated rings. The summed E-state index contributed by atoms with van der Waals surface area (Å²) in [5, 5.41) is 0. The van der Waals surface area contributed by atoms with E-state index in [1.807, 2.05) is 13.8 Å². The third-order valence-electron chi connectivity index (χ3n) is 3.58. The first-order chi connectivity index (χ1) is 8.86. The summed E-state index contributed by atoms with van der Waals surface area (Å²) in [6.45, 7) is 7.25. The lowest BCUT2D eigenvalue weighted by Crippen LogP contribution is -2.50. The SMILES string of the molecule is CCC(OC)N1C(=O)N(C(CC)OC)C(C)(C)C1=O. The molecule has 1 rings (SSSR count). The molecule has 6 heteroatoms. The Morgan fingerprint density at radius 1 is 1.05 bits per heavy atom. The van der Waals surface area contributed by atoms with Crippen LogP contribution in [0.5, 0.6) is 0 Å². The Kier molecular flexibility index (Phi) is 4.92. The first-order valence-electron chi connectivity index (χ1n) is 6.59. The maximum Gasteiger partial charge on any atom is 0.331 e. The second-order valence-electron chi connectivity index (χ2n) is 5.08. The van der Waals surface area contributed by atoms with Gasteiger partial charge in [-0.2, -0.15) is 0 Å². The number of imide groups is 1. The van der Waals surface area contributed by atoms with E-state index in [2.05, 4.69) is 0 Å². The summed E-state index contributed by atoms with van der Waals surface area (Å²) in [7, 11) is 3.04. The number of methoxy groups -OCH3 is 2. The fourth-order valence-corrected chi connectivity index (χ4v) is 2.49. The van der Waals surface area contributed by atoms with Crippen molar-refractivity contribution in [1.82, 2.24) is 9.80 Å². The zero-order chi connectivity index (χ0) is 14.8. The van der Waals surface area contributed by atoms with Crippen LogP contribution >= 0.6 is 0 Å². The van der Waals surface area contributed by atoms with Crippen molar-refractivity contribution in [3.63, 3.8) is 0 Å². The predicted molar refractivity (Wildman–Crippen MR) is 70.3 cm³/mol. The number of ether oxygens (including phenoxy) is 2. The van der Waals surface area contributed by atoms with Gasteiger partial charge in [0.05, 0.1) is 0 Å². The minimum absolute atomic E-state index is 0.248. The minimum atomic E-state index is -0.917. The second-order valence-corrected chi connectivity index (χ2v) is 5.08. The van der Waals surface area contributed by atoms with Gasteiger partial charge in [-0.15, -0.1) is 0 Å². The number of carbonyl (C=O) groups excluding carboxylic acids is 2. The van der Waals surface area contributed by atoms with E-state index in [9.17, 15) is 9.59 Å². The number of rotatable bonds is 6. The van der Waals surface area contributed by atoms with Crippen molar-refractivity contribution >= 4 is 11.9 Å². The van der Waals surface area contributed by atoms with E-state index in [0.29, 0.717) is 12.8 Å². The first kappa shape index (κ1) is 15.9. The lowest BCUT2D eigenvalue weighted by atomic mass is 10.0. The summed E-state index contributed by atoms with van der Waals surface area (Å²) in [5.74, 6) is -0.248. The highest BCUT2D eigenvalue weighted by atomic mass is 16.5. The lowest BCUT2D eigenvalue weighted by Gasteiger charge is -2.33. The van der Waals surface area contributed by atoms with Gasteiger partial charge in [-0.3, -0.25) is 9.69 Å². The van der Waals surface area contributed by atoms with Gasteiger partial charge in [-0.25, -0.2) is 9.69 Å². The molecule has 0 aromatic heterocycles. The van der Waals surface area contributed by atoms with E-state index in [-0.39, 0.29) is 11.9 Å². The summed E-state index contributed by atoms with van der Waals surface area (Å²) in [5.41, 5.74) is -0.917. The topological polar surface area (TPSA) is 59.1 Å². The molecule has 0 aromatic carbocycles. The molecule has 2 atom stereocenters. The molecule has 6 nitrogen and oxygen atoms in total. The van der Waals surface area contributed by atoms with Crippen LogP contribution in [-0.4, -0.2) is 54.0 Å². The van der Waals surface area contributed by atoms with Gasteiger partial charge < -0.3 is 9.47 Å². The smallest absolute Gasteiger partial charge is 0.331 e. The van der Waals surface area contributed by atoms with Crippen molar-refractivity contribution in [2.24, 2.45) is 0 Å². The van der Waals surface area contributed by atoms with Gasteiger partial charge >= 0.3 is 6.03 Å². The molecule has 0 aliphatic carbocycles.